The molecule has 0 amide bonds. The molecule has 1 heterocycles. The van der Waals surface area contributed by atoms with Crippen molar-refractivity contribution in [1.82, 2.24) is 14.9 Å². The molecule has 0 radical (unpaired) electrons. The smallest absolute Gasteiger partial charge is 0.111 e. The average molecular weight is 285 g/mol. The van der Waals surface area contributed by atoms with Crippen LogP contribution < -0.4 is 5.32 Å². The maximum absolute atomic E-state index is 4.49. The van der Waals surface area contributed by atoms with Gasteiger partial charge in [-0.3, -0.25) is 0 Å². The maximum Gasteiger partial charge on any atom is 0.111 e. The van der Waals surface area contributed by atoms with Crippen LogP contribution in [0.2, 0.25) is 0 Å². The summed E-state index contributed by atoms with van der Waals surface area (Å²) in [6.07, 6.45) is 3.98. The van der Waals surface area contributed by atoms with E-state index in [0.29, 0.717) is 12.0 Å². The fourth-order valence-corrected chi connectivity index (χ4v) is 3.24. The van der Waals surface area contributed by atoms with Gasteiger partial charge in [0.25, 0.3) is 0 Å². The number of likely N-dealkylation sites (N-methyl/N-ethyl adjacent to an activating group) is 1. The van der Waals surface area contributed by atoms with Gasteiger partial charge < -0.3 is 9.88 Å². The quantitative estimate of drug-likeness (QED) is 0.903. The molecule has 0 saturated heterocycles. The van der Waals surface area contributed by atoms with E-state index in [4.69, 9.17) is 0 Å². The minimum absolute atomic E-state index is 0.303. The summed E-state index contributed by atoms with van der Waals surface area (Å²) in [5, 5.41) is 3.48. The van der Waals surface area contributed by atoms with E-state index in [1.165, 1.54) is 22.3 Å². The summed E-state index contributed by atoms with van der Waals surface area (Å²) in [5.41, 5.74) is 5.46. The summed E-state index contributed by atoms with van der Waals surface area (Å²) in [6, 6.07) is 4.84. The van der Waals surface area contributed by atoms with Gasteiger partial charge in [0.2, 0.25) is 0 Å². The number of aryl methyl sites for hydroxylation is 3. The van der Waals surface area contributed by atoms with E-state index < -0.39 is 0 Å². The van der Waals surface area contributed by atoms with Crippen LogP contribution in [0.25, 0.3) is 0 Å². The van der Waals surface area contributed by atoms with Crippen LogP contribution in [0.5, 0.6) is 0 Å². The van der Waals surface area contributed by atoms with E-state index in [0.717, 1.165) is 12.4 Å². The lowest BCUT2D eigenvalue weighted by molar-refractivity contribution is 0.478. The zero-order chi connectivity index (χ0) is 15.6. The summed E-state index contributed by atoms with van der Waals surface area (Å²) in [5.74, 6) is 1.59. The van der Waals surface area contributed by atoms with Crippen molar-refractivity contribution in [1.29, 1.82) is 0 Å². The van der Waals surface area contributed by atoms with Crippen LogP contribution in [0.15, 0.2) is 24.5 Å². The van der Waals surface area contributed by atoms with Crippen LogP contribution in [-0.4, -0.2) is 16.6 Å². The van der Waals surface area contributed by atoms with Crippen molar-refractivity contribution in [3.63, 3.8) is 0 Å². The van der Waals surface area contributed by atoms with Gasteiger partial charge in [-0.2, -0.15) is 0 Å². The molecule has 2 aromatic rings. The van der Waals surface area contributed by atoms with Gasteiger partial charge in [0.15, 0.2) is 0 Å². The molecule has 3 nitrogen and oxygen atoms in total. The highest BCUT2D eigenvalue weighted by molar-refractivity contribution is 5.39. The first-order chi connectivity index (χ1) is 9.93. The Kier molecular flexibility index (Phi) is 4.84. The molecule has 0 spiro atoms. The fourth-order valence-electron chi connectivity index (χ4n) is 3.24. The van der Waals surface area contributed by atoms with Crippen LogP contribution in [-0.2, 0) is 6.54 Å². The Morgan fingerprint density at radius 3 is 2.29 bits per heavy atom. The Morgan fingerprint density at radius 1 is 1.14 bits per heavy atom. The molecule has 1 aromatic carbocycles. The van der Waals surface area contributed by atoms with E-state index in [-0.39, 0.29) is 0 Å². The highest BCUT2D eigenvalue weighted by Crippen LogP contribution is 2.26. The van der Waals surface area contributed by atoms with Gasteiger partial charge in [0.1, 0.15) is 5.82 Å². The van der Waals surface area contributed by atoms with Crippen molar-refractivity contribution < 1.29 is 0 Å². The molecule has 0 aliphatic carbocycles. The van der Waals surface area contributed by atoms with Gasteiger partial charge in [0.05, 0.1) is 6.04 Å². The first kappa shape index (κ1) is 15.8. The molecule has 0 saturated carbocycles. The molecule has 1 atom stereocenters. The maximum atomic E-state index is 4.49. The SMILES string of the molecule is CNC(Cn1ccnc1C(C)C)c1c(C)cc(C)cc1C. The molecule has 1 N–H and O–H groups in total. The lowest BCUT2D eigenvalue weighted by Gasteiger charge is -2.23. The minimum atomic E-state index is 0.303. The first-order valence-electron chi connectivity index (χ1n) is 7.70. The second-order valence-corrected chi connectivity index (χ2v) is 6.25. The van der Waals surface area contributed by atoms with Crippen LogP contribution in [0, 0.1) is 20.8 Å². The van der Waals surface area contributed by atoms with E-state index in [2.05, 4.69) is 67.8 Å². The zero-order valence-corrected chi connectivity index (χ0v) is 14.1. The Bertz CT molecular complexity index is 588. The van der Waals surface area contributed by atoms with Gasteiger partial charge >= 0.3 is 0 Å². The van der Waals surface area contributed by atoms with E-state index in [1.54, 1.807) is 0 Å². The second-order valence-electron chi connectivity index (χ2n) is 6.25. The Balaban J connectivity index is 2.35. The van der Waals surface area contributed by atoms with Crippen molar-refractivity contribution in [2.75, 3.05) is 7.05 Å². The third-order valence-electron chi connectivity index (χ3n) is 4.08. The molecule has 114 valence electrons. The largest absolute Gasteiger partial charge is 0.333 e. The number of aromatic nitrogens is 2. The second kappa shape index (κ2) is 6.44. The summed E-state index contributed by atoms with van der Waals surface area (Å²) in [7, 11) is 2.04. The van der Waals surface area contributed by atoms with Crippen molar-refractivity contribution in [2.45, 2.75) is 53.1 Å². The van der Waals surface area contributed by atoms with Crippen LogP contribution in [0.1, 0.15) is 53.9 Å². The molecule has 0 bridgehead atoms. The molecule has 2 rings (SSSR count). The predicted octanol–water partition coefficient (Wildman–Crippen LogP) is 3.89. The Morgan fingerprint density at radius 2 is 1.76 bits per heavy atom. The van der Waals surface area contributed by atoms with Gasteiger partial charge in [-0.15, -0.1) is 0 Å². The summed E-state index contributed by atoms with van der Waals surface area (Å²) >= 11 is 0. The predicted molar refractivity (Wildman–Crippen MR) is 88.8 cm³/mol. The van der Waals surface area contributed by atoms with Gasteiger partial charge in [0, 0.05) is 24.9 Å². The first-order valence-corrected chi connectivity index (χ1v) is 7.70. The van der Waals surface area contributed by atoms with Gasteiger partial charge in [-0.25, -0.2) is 4.98 Å². The highest BCUT2D eigenvalue weighted by Gasteiger charge is 2.17. The number of hydrogen-bond acceptors (Lipinski definition) is 2. The standard InChI is InChI=1S/C18H27N3/c1-12(2)18-20-7-8-21(18)11-16(19-6)17-14(4)9-13(3)10-15(17)5/h7-10,12,16,19H,11H2,1-6H3. The number of hydrogen-bond donors (Lipinski definition) is 1. The summed E-state index contributed by atoms with van der Waals surface area (Å²) in [6.45, 7) is 11.9. The normalized spacial score (nSPS) is 12.9. The van der Waals surface area contributed by atoms with Crippen molar-refractivity contribution in [3.8, 4) is 0 Å². The molecule has 1 unspecified atom stereocenters. The third kappa shape index (κ3) is 3.35. The number of nitrogens with zero attached hydrogens (tertiary/aromatic N) is 2. The third-order valence-corrected chi connectivity index (χ3v) is 4.08. The van der Waals surface area contributed by atoms with E-state index >= 15 is 0 Å². The van der Waals surface area contributed by atoms with Crippen LogP contribution in [0.3, 0.4) is 0 Å². The Hall–Kier alpha value is -1.61. The van der Waals surface area contributed by atoms with Gasteiger partial charge in [-0.05, 0) is 44.5 Å². The van der Waals surface area contributed by atoms with Crippen molar-refractivity contribution >= 4 is 0 Å². The molecule has 3 heteroatoms. The van der Waals surface area contributed by atoms with Crippen LogP contribution in [0.4, 0.5) is 0 Å². The molecular weight excluding hydrogens is 258 g/mol. The highest BCUT2D eigenvalue weighted by atomic mass is 15.1. The fraction of sp³-hybridized carbons (Fsp3) is 0.500. The number of rotatable bonds is 5. The van der Waals surface area contributed by atoms with Gasteiger partial charge in [-0.1, -0.05) is 31.5 Å². The molecule has 0 aliphatic heterocycles. The summed E-state index contributed by atoms with van der Waals surface area (Å²) in [4.78, 5) is 4.49. The average Bonchev–Trinajstić information content (AvgIpc) is 2.84. The minimum Gasteiger partial charge on any atom is -0.333 e. The van der Waals surface area contributed by atoms with Crippen LogP contribution >= 0.6 is 0 Å². The molecular formula is C18H27N3. The molecule has 0 aliphatic rings. The van der Waals surface area contributed by atoms with E-state index in [9.17, 15) is 0 Å². The number of nitrogens with one attached hydrogen (secondary N) is 1. The lowest BCUT2D eigenvalue weighted by Crippen LogP contribution is -2.24. The topological polar surface area (TPSA) is 29.9 Å². The molecule has 0 fully saturated rings. The monoisotopic (exact) mass is 285 g/mol. The number of benzene rings is 1. The van der Waals surface area contributed by atoms with Crippen molar-refractivity contribution in [2.24, 2.45) is 0 Å². The zero-order valence-electron chi connectivity index (χ0n) is 14.1. The number of imidazole rings is 1. The van der Waals surface area contributed by atoms with E-state index in [1.807, 2.05) is 13.2 Å². The molecule has 21 heavy (non-hydrogen) atoms. The molecule has 1 aromatic heterocycles. The van der Waals surface area contributed by atoms with Crippen molar-refractivity contribution in [3.05, 3.63) is 52.6 Å². The lowest BCUT2D eigenvalue weighted by atomic mass is 9.94. The summed E-state index contributed by atoms with van der Waals surface area (Å²) < 4.78 is 2.27. The Labute approximate surface area is 128 Å².